The lowest BCUT2D eigenvalue weighted by molar-refractivity contribution is -0.121. The minimum Gasteiger partial charge on any atom is -0.350 e. The van der Waals surface area contributed by atoms with Gasteiger partial charge in [-0.05, 0) is 20.0 Å². The molecule has 0 bridgehead atoms. The fourth-order valence-electron chi connectivity index (χ4n) is 1.26. The summed E-state index contributed by atoms with van der Waals surface area (Å²) < 4.78 is 0. The Morgan fingerprint density at radius 2 is 2.24 bits per heavy atom. The SMILES string of the molecule is CC(C)c1csc(CNC(=O)CCN(C)C)n1. The fourth-order valence-corrected chi connectivity index (χ4v) is 2.15. The van der Waals surface area contributed by atoms with Crippen molar-refractivity contribution >= 4 is 17.2 Å². The second-order valence-corrected chi connectivity index (χ2v) is 5.59. The summed E-state index contributed by atoms with van der Waals surface area (Å²) in [4.78, 5) is 18.0. The van der Waals surface area contributed by atoms with Gasteiger partial charge >= 0.3 is 0 Å². The lowest BCUT2D eigenvalue weighted by atomic mass is 10.2. The van der Waals surface area contributed by atoms with Crippen molar-refractivity contribution in [2.75, 3.05) is 20.6 Å². The zero-order valence-corrected chi connectivity index (χ0v) is 11.8. The van der Waals surface area contributed by atoms with Crippen molar-refractivity contribution in [3.63, 3.8) is 0 Å². The topological polar surface area (TPSA) is 45.2 Å². The van der Waals surface area contributed by atoms with Crippen LogP contribution in [0.1, 0.15) is 36.9 Å². The number of hydrogen-bond acceptors (Lipinski definition) is 4. The van der Waals surface area contributed by atoms with Crippen LogP contribution in [0.3, 0.4) is 0 Å². The molecule has 0 aliphatic carbocycles. The van der Waals surface area contributed by atoms with E-state index in [9.17, 15) is 4.79 Å². The Labute approximate surface area is 107 Å². The van der Waals surface area contributed by atoms with Gasteiger partial charge in [0.2, 0.25) is 5.91 Å². The maximum atomic E-state index is 11.5. The number of nitrogens with zero attached hydrogens (tertiary/aromatic N) is 2. The van der Waals surface area contributed by atoms with Crippen molar-refractivity contribution in [3.8, 4) is 0 Å². The van der Waals surface area contributed by atoms with E-state index in [-0.39, 0.29) is 5.91 Å². The van der Waals surface area contributed by atoms with Gasteiger partial charge in [0.05, 0.1) is 12.2 Å². The van der Waals surface area contributed by atoms with E-state index in [4.69, 9.17) is 0 Å². The standard InChI is InChI=1S/C12H21N3OS/c1-9(2)10-8-17-12(14-10)7-13-11(16)5-6-15(3)4/h8-9H,5-7H2,1-4H3,(H,13,16). The van der Waals surface area contributed by atoms with Gasteiger partial charge in [0.25, 0.3) is 0 Å². The highest BCUT2D eigenvalue weighted by molar-refractivity contribution is 7.09. The van der Waals surface area contributed by atoms with Gasteiger partial charge in [0, 0.05) is 18.3 Å². The second-order valence-electron chi connectivity index (χ2n) is 4.65. The van der Waals surface area contributed by atoms with E-state index in [0.717, 1.165) is 17.2 Å². The quantitative estimate of drug-likeness (QED) is 0.843. The van der Waals surface area contributed by atoms with Gasteiger partial charge < -0.3 is 10.2 Å². The molecule has 1 heterocycles. The average Bonchev–Trinajstić information content (AvgIpc) is 2.72. The molecule has 0 radical (unpaired) electrons. The zero-order valence-electron chi connectivity index (χ0n) is 11.0. The van der Waals surface area contributed by atoms with Crippen LogP contribution >= 0.6 is 11.3 Å². The molecular weight excluding hydrogens is 234 g/mol. The summed E-state index contributed by atoms with van der Waals surface area (Å²) in [6.45, 7) is 5.56. The van der Waals surface area contributed by atoms with Gasteiger partial charge in [0.15, 0.2) is 0 Å². The molecule has 0 spiro atoms. The van der Waals surface area contributed by atoms with Crippen molar-refractivity contribution in [3.05, 3.63) is 16.1 Å². The summed E-state index contributed by atoms with van der Waals surface area (Å²) in [5.41, 5.74) is 1.10. The summed E-state index contributed by atoms with van der Waals surface area (Å²) in [5.74, 6) is 0.532. The lowest BCUT2D eigenvalue weighted by Crippen LogP contribution is -2.26. The van der Waals surface area contributed by atoms with Gasteiger partial charge in [-0.3, -0.25) is 4.79 Å². The minimum atomic E-state index is 0.0833. The van der Waals surface area contributed by atoms with Gasteiger partial charge in [0.1, 0.15) is 5.01 Å². The van der Waals surface area contributed by atoms with Crippen molar-refractivity contribution < 1.29 is 4.79 Å². The molecule has 0 fully saturated rings. The van der Waals surface area contributed by atoms with Gasteiger partial charge in [-0.25, -0.2) is 4.98 Å². The number of amides is 1. The molecule has 1 aromatic rings. The van der Waals surface area contributed by atoms with Gasteiger partial charge in [-0.2, -0.15) is 0 Å². The number of aromatic nitrogens is 1. The third-order valence-corrected chi connectivity index (χ3v) is 3.25. The first-order chi connectivity index (χ1) is 7.99. The third-order valence-electron chi connectivity index (χ3n) is 2.38. The van der Waals surface area contributed by atoms with Crippen LogP contribution in [0.2, 0.25) is 0 Å². The van der Waals surface area contributed by atoms with Gasteiger partial charge in [-0.1, -0.05) is 13.8 Å². The second kappa shape index (κ2) is 6.71. The maximum absolute atomic E-state index is 11.5. The molecule has 0 aromatic carbocycles. The molecule has 1 rings (SSSR count). The Balaban J connectivity index is 2.32. The predicted octanol–water partition coefficient (Wildman–Crippen LogP) is 1.83. The van der Waals surface area contributed by atoms with Crippen molar-refractivity contribution in [2.24, 2.45) is 0 Å². The third kappa shape index (κ3) is 5.28. The number of nitrogens with one attached hydrogen (secondary N) is 1. The van der Waals surface area contributed by atoms with Crippen molar-refractivity contribution in [1.29, 1.82) is 0 Å². The smallest absolute Gasteiger partial charge is 0.221 e. The van der Waals surface area contributed by atoms with Crippen LogP contribution in [-0.4, -0.2) is 36.4 Å². The molecular formula is C12H21N3OS. The van der Waals surface area contributed by atoms with E-state index in [1.54, 1.807) is 11.3 Å². The van der Waals surface area contributed by atoms with Crippen LogP contribution in [0, 0.1) is 0 Å². The predicted molar refractivity (Wildman–Crippen MR) is 71.2 cm³/mol. The largest absolute Gasteiger partial charge is 0.350 e. The fraction of sp³-hybridized carbons (Fsp3) is 0.667. The molecule has 4 nitrogen and oxygen atoms in total. The van der Waals surface area contributed by atoms with E-state index >= 15 is 0 Å². The average molecular weight is 255 g/mol. The molecule has 0 unspecified atom stereocenters. The summed E-state index contributed by atoms with van der Waals surface area (Å²) in [5, 5.41) is 5.93. The number of carbonyl (C=O) groups is 1. The summed E-state index contributed by atoms with van der Waals surface area (Å²) in [6.07, 6.45) is 0.537. The summed E-state index contributed by atoms with van der Waals surface area (Å²) in [6, 6.07) is 0. The number of rotatable bonds is 6. The lowest BCUT2D eigenvalue weighted by Gasteiger charge is -2.08. The maximum Gasteiger partial charge on any atom is 0.221 e. The van der Waals surface area contributed by atoms with Crippen molar-refractivity contribution in [2.45, 2.75) is 32.7 Å². The van der Waals surface area contributed by atoms with E-state index in [0.29, 0.717) is 18.9 Å². The number of thiazole rings is 1. The highest BCUT2D eigenvalue weighted by atomic mass is 32.1. The Kier molecular flexibility index (Phi) is 5.58. The van der Waals surface area contributed by atoms with E-state index in [2.05, 4.69) is 29.5 Å². The first-order valence-electron chi connectivity index (χ1n) is 5.84. The molecule has 0 saturated heterocycles. The minimum absolute atomic E-state index is 0.0833. The van der Waals surface area contributed by atoms with Crippen LogP contribution in [-0.2, 0) is 11.3 Å². The van der Waals surface area contributed by atoms with E-state index in [1.165, 1.54) is 0 Å². The van der Waals surface area contributed by atoms with Crippen LogP contribution < -0.4 is 5.32 Å². The molecule has 0 atom stereocenters. The molecule has 96 valence electrons. The highest BCUT2D eigenvalue weighted by Crippen LogP contribution is 2.17. The van der Waals surface area contributed by atoms with E-state index in [1.807, 2.05) is 19.0 Å². The Bertz CT molecular complexity index is 360. The molecule has 0 aliphatic rings. The number of hydrogen-bond donors (Lipinski definition) is 1. The van der Waals surface area contributed by atoms with Crippen LogP contribution in [0.15, 0.2) is 5.38 Å². The molecule has 17 heavy (non-hydrogen) atoms. The Hall–Kier alpha value is -0.940. The molecule has 1 amide bonds. The number of carbonyl (C=O) groups excluding carboxylic acids is 1. The van der Waals surface area contributed by atoms with Gasteiger partial charge in [-0.15, -0.1) is 11.3 Å². The molecule has 0 aliphatic heterocycles. The van der Waals surface area contributed by atoms with Crippen LogP contribution in [0.25, 0.3) is 0 Å². The molecule has 1 N–H and O–H groups in total. The summed E-state index contributed by atoms with van der Waals surface area (Å²) in [7, 11) is 3.92. The van der Waals surface area contributed by atoms with Crippen molar-refractivity contribution in [1.82, 2.24) is 15.2 Å². The zero-order chi connectivity index (χ0) is 12.8. The molecule has 1 aromatic heterocycles. The van der Waals surface area contributed by atoms with Crippen LogP contribution in [0.4, 0.5) is 0 Å². The Morgan fingerprint density at radius 3 is 2.76 bits per heavy atom. The first kappa shape index (κ1) is 14.1. The summed E-state index contributed by atoms with van der Waals surface area (Å²) >= 11 is 1.61. The first-order valence-corrected chi connectivity index (χ1v) is 6.72. The monoisotopic (exact) mass is 255 g/mol. The highest BCUT2D eigenvalue weighted by Gasteiger charge is 2.07. The molecule has 5 heteroatoms. The van der Waals surface area contributed by atoms with E-state index < -0.39 is 0 Å². The normalized spacial score (nSPS) is 11.2. The molecule has 0 saturated carbocycles. The van der Waals surface area contributed by atoms with Crippen LogP contribution in [0.5, 0.6) is 0 Å². The Morgan fingerprint density at radius 1 is 1.53 bits per heavy atom.